The lowest BCUT2D eigenvalue weighted by Crippen LogP contribution is -2.26. The summed E-state index contributed by atoms with van der Waals surface area (Å²) in [5.74, 6) is 0.698. The third-order valence-corrected chi connectivity index (χ3v) is 2.70. The minimum absolute atomic E-state index is 0.0821. The Hall–Kier alpha value is -1.82. The van der Waals surface area contributed by atoms with Gasteiger partial charge in [-0.15, -0.1) is 0 Å². The molecular weight excluding hydrogens is 232 g/mol. The van der Waals surface area contributed by atoms with E-state index in [9.17, 15) is 0 Å². The number of pyridine rings is 1. The average Bonchev–Trinajstić information content (AvgIpc) is 2.38. The van der Waals surface area contributed by atoms with Crippen molar-refractivity contribution in [3.8, 4) is 5.88 Å². The topological polar surface area (TPSA) is 95.8 Å². The van der Waals surface area contributed by atoms with Crippen LogP contribution in [0.5, 0.6) is 5.88 Å². The van der Waals surface area contributed by atoms with Gasteiger partial charge < -0.3 is 20.9 Å². The number of nitrogens with two attached hydrogens (primary N) is 2. The van der Waals surface area contributed by atoms with Gasteiger partial charge in [0, 0.05) is 25.1 Å². The smallest absolute Gasteiger partial charge is 0.213 e. The summed E-state index contributed by atoms with van der Waals surface area (Å²) in [6, 6.07) is 3.73. The monoisotopic (exact) mass is 250 g/mol. The second kappa shape index (κ2) is 6.20. The fourth-order valence-corrected chi connectivity index (χ4v) is 1.76. The van der Waals surface area contributed by atoms with Crippen LogP contribution in [0.2, 0.25) is 0 Å². The van der Waals surface area contributed by atoms with Crippen molar-refractivity contribution < 1.29 is 9.47 Å². The molecule has 1 aliphatic rings. The number of hydrogen-bond acceptors (Lipinski definition) is 4. The first-order chi connectivity index (χ1) is 8.74. The highest BCUT2D eigenvalue weighted by Crippen LogP contribution is 2.17. The van der Waals surface area contributed by atoms with Gasteiger partial charge in [0.15, 0.2) is 5.96 Å². The van der Waals surface area contributed by atoms with Crippen LogP contribution in [0.1, 0.15) is 18.4 Å². The number of rotatable bonds is 4. The minimum Gasteiger partial charge on any atom is -0.474 e. The van der Waals surface area contributed by atoms with Crippen molar-refractivity contribution in [2.24, 2.45) is 16.5 Å². The summed E-state index contributed by atoms with van der Waals surface area (Å²) in [5.41, 5.74) is 11.6. The van der Waals surface area contributed by atoms with Crippen molar-refractivity contribution in [2.45, 2.75) is 25.5 Å². The molecule has 1 aromatic heterocycles. The number of nitrogens with zero attached hydrogens (tertiary/aromatic N) is 2. The zero-order chi connectivity index (χ0) is 12.8. The van der Waals surface area contributed by atoms with Gasteiger partial charge in [0.05, 0.1) is 19.8 Å². The van der Waals surface area contributed by atoms with Gasteiger partial charge in [-0.05, 0) is 11.6 Å². The molecule has 4 N–H and O–H groups in total. The molecule has 1 saturated heterocycles. The van der Waals surface area contributed by atoms with Crippen molar-refractivity contribution in [2.75, 3.05) is 13.2 Å². The van der Waals surface area contributed by atoms with Crippen LogP contribution >= 0.6 is 0 Å². The molecule has 2 heterocycles. The van der Waals surface area contributed by atoms with E-state index in [1.807, 2.05) is 12.1 Å². The van der Waals surface area contributed by atoms with Crippen molar-refractivity contribution >= 4 is 5.96 Å². The summed E-state index contributed by atoms with van der Waals surface area (Å²) in [6.07, 6.45) is 3.69. The summed E-state index contributed by atoms with van der Waals surface area (Å²) in [4.78, 5) is 8.14. The zero-order valence-corrected chi connectivity index (χ0v) is 10.2. The predicted molar refractivity (Wildman–Crippen MR) is 68.2 cm³/mol. The van der Waals surface area contributed by atoms with E-state index in [4.69, 9.17) is 20.9 Å². The van der Waals surface area contributed by atoms with E-state index < -0.39 is 0 Å². The van der Waals surface area contributed by atoms with Gasteiger partial charge in [0.25, 0.3) is 0 Å². The van der Waals surface area contributed by atoms with Crippen LogP contribution in [0.4, 0.5) is 0 Å². The van der Waals surface area contributed by atoms with Gasteiger partial charge in [0.1, 0.15) is 6.10 Å². The number of guanidine groups is 1. The Labute approximate surface area is 106 Å². The molecule has 1 fully saturated rings. The third-order valence-electron chi connectivity index (χ3n) is 2.70. The van der Waals surface area contributed by atoms with Gasteiger partial charge in [-0.25, -0.2) is 9.98 Å². The van der Waals surface area contributed by atoms with Crippen LogP contribution in [0.3, 0.4) is 0 Å². The Morgan fingerprint density at radius 1 is 1.44 bits per heavy atom. The maximum atomic E-state index is 5.80. The fraction of sp³-hybridized carbons (Fsp3) is 0.500. The summed E-state index contributed by atoms with van der Waals surface area (Å²) >= 11 is 0. The van der Waals surface area contributed by atoms with E-state index in [0.717, 1.165) is 31.6 Å². The van der Waals surface area contributed by atoms with E-state index in [1.165, 1.54) is 0 Å². The van der Waals surface area contributed by atoms with E-state index >= 15 is 0 Å². The Morgan fingerprint density at radius 3 is 2.94 bits per heavy atom. The summed E-state index contributed by atoms with van der Waals surface area (Å²) in [6.45, 7) is 1.94. The summed E-state index contributed by atoms with van der Waals surface area (Å²) in [7, 11) is 0. The number of aromatic nitrogens is 1. The molecule has 0 aliphatic carbocycles. The molecule has 1 aliphatic heterocycles. The first kappa shape index (κ1) is 12.6. The highest BCUT2D eigenvalue weighted by molar-refractivity contribution is 5.75. The standard InChI is InChI=1S/C12H18N4O2/c13-12(14)16-8-9-1-4-15-11(7-9)18-10-2-5-17-6-3-10/h1,4,7,10H,2-3,5-6,8H2,(H4,13,14,16). The van der Waals surface area contributed by atoms with Crippen LogP contribution in [0.25, 0.3) is 0 Å². The van der Waals surface area contributed by atoms with Crippen molar-refractivity contribution in [1.29, 1.82) is 0 Å². The lowest BCUT2D eigenvalue weighted by molar-refractivity contribution is 0.0237. The fourth-order valence-electron chi connectivity index (χ4n) is 1.76. The molecular formula is C12H18N4O2. The molecule has 6 nitrogen and oxygen atoms in total. The zero-order valence-electron chi connectivity index (χ0n) is 10.2. The highest BCUT2D eigenvalue weighted by Gasteiger charge is 2.15. The van der Waals surface area contributed by atoms with E-state index in [0.29, 0.717) is 12.4 Å². The molecule has 0 atom stereocenters. The van der Waals surface area contributed by atoms with Gasteiger partial charge in [0.2, 0.25) is 5.88 Å². The minimum atomic E-state index is 0.0821. The van der Waals surface area contributed by atoms with Crippen LogP contribution in [-0.4, -0.2) is 30.3 Å². The first-order valence-electron chi connectivity index (χ1n) is 5.99. The quantitative estimate of drug-likeness (QED) is 0.596. The maximum absolute atomic E-state index is 5.80. The molecule has 18 heavy (non-hydrogen) atoms. The molecule has 0 spiro atoms. The third kappa shape index (κ3) is 3.89. The number of aliphatic imine (C=N–C) groups is 1. The molecule has 0 amide bonds. The maximum Gasteiger partial charge on any atom is 0.213 e. The molecule has 98 valence electrons. The van der Waals surface area contributed by atoms with E-state index in [-0.39, 0.29) is 12.1 Å². The Bertz CT molecular complexity index is 412. The summed E-state index contributed by atoms with van der Waals surface area (Å²) < 4.78 is 11.1. The molecule has 6 heteroatoms. The Kier molecular flexibility index (Phi) is 4.35. The number of ether oxygens (including phenoxy) is 2. The first-order valence-corrected chi connectivity index (χ1v) is 5.99. The van der Waals surface area contributed by atoms with Gasteiger partial charge >= 0.3 is 0 Å². The van der Waals surface area contributed by atoms with E-state index in [2.05, 4.69) is 9.98 Å². The molecule has 2 rings (SSSR count). The van der Waals surface area contributed by atoms with Gasteiger partial charge in [-0.2, -0.15) is 0 Å². The van der Waals surface area contributed by atoms with Gasteiger partial charge in [-0.1, -0.05) is 0 Å². The Morgan fingerprint density at radius 2 is 2.22 bits per heavy atom. The van der Waals surface area contributed by atoms with Crippen LogP contribution in [-0.2, 0) is 11.3 Å². The van der Waals surface area contributed by atoms with E-state index in [1.54, 1.807) is 6.20 Å². The second-order valence-electron chi connectivity index (χ2n) is 4.17. The lowest BCUT2D eigenvalue weighted by atomic mass is 10.1. The lowest BCUT2D eigenvalue weighted by Gasteiger charge is -2.22. The normalized spacial score (nSPS) is 16.2. The van der Waals surface area contributed by atoms with Crippen LogP contribution < -0.4 is 16.2 Å². The largest absolute Gasteiger partial charge is 0.474 e. The number of hydrogen-bond donors (Lipinski definition) is 2. The Balaban J connectivity index is 1.95. The highest BCUT2D eigenvalue weighted by atomic mass is 16.5. The molecule has 0 saturated carbocycles. The molecule has 0 aromatic carbocycles. The molecule has 0 radical (unpaired) electrons. The van der Waals surface area contributed by atoms with Crippen molar-refractivity contribution in [3.05, 3.63) is 23.9 Å². The average molecular weight is 250 g/mol. The molecule has 1 aromatic rings. The van der Waals surface area contributed by atoms with Crippen LogP contribution in [0, 0.1) is 0 Å². The van der Waals surface area contributed by atoms with Crippen molar-refractivity contribution in [3.63, 3.8) is 0 Å². The molecule has 0 bridgehead atoms. The molecule has 0 unspecified atom stereocenters. The second-order valence-corrected chi connectivity index (χ2v) is 4.17. The van der Waals surface area contributed by atoms with Crippen LogP contribution in [0.15, 0.2) is 23.3 Å². The summed E-state index contributed by atoms with van der Waals surface area (Å²) in [5, 5.41) is 0. The van der Waals surface area contributed by atoms with Gasteiger partial charge in [-0.3, -0.25) is 0 Å². The van der Waals surface area contributed by atoms with Crippen molar-refractivity contribution in [1.82, 2.24) is 4.98 Å². The predicted octanol–water partition coefficient (Wildman–Crippen LogP) is 0.413. The SMILES string of the molecule is NC(N)=NCc1ccnc(OC2CCOCC2)c1.